The SMILES string of the molecule is CC(OCc1cc(F)ccc1F)C1=Cc2cc3[nH]c(cc4nc(cc5ccc(cc1n2)[nH]5)C=C4)cc3C(C)OCc1cc(F)ccc1F. The predicted octanol–water partition coefficient (Wildman–Crippen LogP) is 9.47. The molecule has 0 saturated carbocycles. The lowest BCUT2D eigenvalue weighted by Crippen LogP contribution is -2.10. The Bertz CT molecular complexity index is 2260. The molecule has 2 N–H and O–H groups in total. The summed E-state index contributed by atoms with van der Waals surface area (Å²) in [5.41, 5.74) is 7.64. The Hall–Kier alpha value is -5.32. The number of ether oxygens (including phenoxy) is 2. The monoisotopic (exact) mass is 650 g/mol. The molecule has 242 valence electrons. The van der Waals surface area contributed by atoms with E-state index in [1.165, 1.54) is 0 Å². The maximum atomic E-state index is 14.3. The maximum absolute atomic E-state index is 14.3. The third-order valence-corrected chi connectivity index (χ3v) is 8.22. The Morgan fingerprint density at radius 2 is 1.21 bits per heavy atom. The fourth-order valence-electron chi connectivity index (χ4n) is 5.71. The van der Waals surface area contributed by atoms with Gasteiger partial charge in [-0.1, -0.05) is 0 Å². The van der Waals surface area contributed by atoms with Gasteiger partial charge in [-0.3, -0.25) is 0 Å². The van der Waals surface area contributed by atoms with Gasteiger partial charge in [0.25, 0.3) is 0 Å². The highest BCUT2D eigenvalue weighted by atomic mass is 19.1. The first-order valence-corrected chi connectivity index (χ1v) is 15.4. The van der Waals surface area contributed by atoms with Gasteiger partial charge in [0.2, 0.25) is 0 Å². The van der Waals surface area contributed by atoms with Gasteiger partial charge in [0, 0.05) is 44.3 Å². The number of nitrogens with one attached hydrogen (secondary N) is 2. The molecule has 2 unspecified atom stereocenters. The predicted molar refractivity (Wildman–Crippen MR) is 178 cm³/mol. The van der Waals surface area contributed by atoms with Gasteiger partial charge in [-0.2, -0.15) is 0 Å². The summed E-state index contributed by atoms with van der Waals surface area (Å²) in [5.74, 6) is -2.18. The first kappa shape index (κ1) is 31.3. The standard InChI is InChI=1S/C38H30F4N4O2/c1-21(47-19-23-11-25(39)3-9-35(23)41)33-15-31-14-29-6-5-27(43-29)13-28-7-8-30(44-28)17-37-34(16-32(46-37)18-38(33)45-31)22(2)48-20-24-12-26(40)4-10-36(24)42/h3-18,21-22,44-45H,19-20H2,1-2H3. The summed E-state index contributed by atoms with van der Waals surface area (Å²) in [5, 5.41) is 0. The van der Waals surface area contributed by atoms with Gasteiger partial charge in [0.1, 0.15) is 23.3 Å². The summed E-state index contributed by atoms with van der Waals surface area (Å²) in [6, 6.07) is 20.0. The van der Waals surface area contributed by atoms with E-state index >= 15 is 0 Å². The van der Waals surface area contributed by atoms with E-state index in [4.69, 9.17) is 19.4 Å². The van der Waals surface area contributed by atoms with Gasteiger partial charge in [-0.25, -0.2) is 27.5 Å². The summed E-state index contributed by atoms with van der Waals surface area (Å²) in [6.07, 6.45) is 4.69. The molecule has 0 saturated heterocycles. The van der Waals surface area contributed by atoms with Gasteiger partial charge < -0.3 is 19.4 Å². The van der Waals surface area contributed by atoms with Gasteiger partial charge >= 0.3 is 0 Å². The van der Waals surface area contributed by atoms with E-state index in [0.29, 0.717) is 16.9 Å². The fraction of sp³-hybridized carbons (Fsp3) is 0.158. The molecule has 5 aromatic rings. The van der Waals surface area contributed by atoms with Crippen LogP contribution < -0.4 is 0 Å². The molecule has 8 bridgehead atoms. The summed E-state index contributed by atoms with van der Waals surface area (Å²) in [7, 11) is 0. The minimum absolute atomic E-state index is 0.116. The number of rotatable bonds is 8. The van der Waals surface area contributed by atoms with Crippen molar-refractivity contribution < 1.29 is 27.0 Å². The third kappa shape index (κ3) is 6.85. The molecule has 2 aliphatic heterocycles. The quantitative estimate of drug-likeness (QED) is 0.161. The lowest BCUT2D eigenvalue weighted by molar-refractivity contribution is 0.0517. The number of hydrogen-bond acceptors (Lipinski definition) is 4. The van der Waals surface area contributed by atoms with E-state index in [1.54, 1.807) is 0 Å². The first-order chi connectivity index (χ1) is 23.2. The molecule has 7 rings (SSSR count). The van der Waals surface area contributed by atoms with Crippen molar-refractivity contribution in [1.29, 1.82) is 0 Å². The second kappa shape index (κ2) is 13.1. The molecular formula is C38H30F4N4O2. The Labute approximate surface area is 273 Å². The van der Waals surface area contributed by atoms with Crippen LogP contribution in [-0.4, -0.2) is 26.0 Å². The zero-order valence-electron chi connectivity index (χ0n) is 26.0. The Morgan fingerprint density at radius 1 is 0.604 bits per heavy atom. The smallest absolute Gasteiger partial charge is 0.128 e. The number of aromatic nitrogens is 4. The van der Waals surface area contributed by atoms with E-state index in [0.717, 1.165) is 75.5 Å². The number of aromatic amines is 2. The van der Waals surface area contributed by atoms with E-state index in [1.807, 2.05) is 74.5 Å². The summed E-state index contributed by atoms with van der Waals surface area (Å²) >= 11 is 0. The molecule has 0 radical (unpaired) electrons. The van der Waals surface area contributed by atoms with Gasteiger partial charge in [-0.05, 0) is 111 Å². The molecule has 5 heterocycles. The van der Waals surface area contributed by atoms with E-state index in [-0.39, 0.29) is 24.3 Å². The maximum Gasteiger partial charge on any atom is 0.128 e. The van der Waals surface area contributed by atoms with E-state index in [2.05, 4.69) is 9.97 Å². The molecule has 2 aliphatic rings. The van der Waals surface area contributed by atoms with Crippen molar-refractivity contribution in [3.05, 3.63) is 142 Å². The van der Waals surface area contributed by atoms with Crippen LogP contribution in [0, 0.1) is 23.3 Å². The second-order valence-electron chi connectivity index (χ2n) is 11.7. The van der Waals surface area contributed by atoms with Crippen LogP contribution in [0.2, 0.25) is 0 Å². The molecule has 0 spiro atoms. The van der Waals surface area contributed by atoms with Crippen LogP contribution in [0.4, 0.5) is 17.6 Å². The minimum atomic E-state index is -0.549. The highest BCUT2D eigenvalue weighted by Crippen LogP contribution is 2.31. The van der Waals surface area contributed by atoms with Crippen LogP contribution in [0.3, 0.4) is 0 Å². The topological polar surface area (TPSA) is 75.8 Å². The number of nitrogens with zero attached hydrogens (tertiary/aromatic N) is 2. The van der Waals surface area contributed by atoms with Gasteiger partial charge in [0.05, 0.1) is 48.2 Å². The zero-order valence-corrected chi connectivity index (χ0v) is 26.0. The number of fused-ring (bicyclic) bond motifs is 8. The zero-order chi connectivity index (χ0) is 33.4. The van der Waals surface area contributed by atoms with Gasteiger partial charge in [-0.15, -0.1) is 0 Å². The number of halogens is 4. The molecule has 2 aromatic carbocycles. The average Bonchev–Trinajstić information content (AvgIpc) is 3.86. The van der Waals surface area contributed by atoms with Crippen molar-refractivity contribution in [2.75, 3.05) is 0 Å². The lowest BCUT2D eigenvalue weighted by Gasteiger charge is -2.15. The number of benzene rings is 2. The van der Waals surface area contributed by atoms with Crippen LogP contribution in [0.5, 0.6) is 0 Å². The van der Waals surface area contributed by atoms with Crippen molar-refractivity contribution in [3.8, 4) is 0 Å². The van der Waals surface area contributed by atoms with Crippen LogP contribution >= 0.6 is 0 Å². The first-order valence-electron chi connectivity index (χ1n) is 15.4. The van der Waals surface area contributed by atoms with Crippen LogP contribution in [0.1, 0.15) is 59.4 Å². The molecule has 0 amide bonds. The average molecular weight is 651 g/mol. The van der Waals surface area contributed by atoms with E-state index < -0.39 is 35.5 Å². The number of H-pyrrole nitrogens is 2. The molecule has 3 aromatic heterocycles. The fourth-order valence-corrected chi connectivity index (χ4v) is 5.71. The summed E-state index contributed by atoms with van der Waals surface area (Å²) in [6.45, 7) is 3.41. The second-order valence-corrected chi connectivity index (χ2v) is 11.7. The van der Waals surface area contributed by atoms with Crippen LogP contribution in [-0.2, 0) is 22.7 Å². The summed E-state index contributed by atoms with van der Waals surface area (Å²) < 4.78 is 68.4. The normalized spacial score (nSPS) is 13.8. The molecule has 0 fully saturated rings. The Morgan fingerprint density at radius 3 is 1.88 bits per heavy atom. The Kier molecular flexibility index (Phi) is 8.51. The largest absolute Gasteiger partial charge is 0.369 e. The summed E-state index contributed by atoms with van der Waals surface area (Å²) in [4.78, 5) is 16.4. The highest BCUT2D eigenvalue weighted by Gasteiger charge is 2.20. The third-order valence-electron chi connectivity index (χ3n) is 8.22. The molecule has 10 heteroatoms. The van der Waals surface area contributed by atoms with Crippen molar-refractivity contribution in [2.24, 2.45) is 0 Å². The van der Waals surface area contributed by atoms with Crippen molar-refractivity contribution in [2.45, 2.75) is 39.3 Å². The van der Waals surface area contributed by atoms with Crippen LogP contribution in [0.15, 0.2) is 78.9 Å². The van der Waals surface area contributed by atoms with Crippen LogP contribution in [0.25, 0.3) is 45.9 Å². The number of hydrogen-bond donors (Lipinski definition) is 2. The Balaban J connectivity index is 1.31. The molecular weight excluding hydrogens is 620 g/mol. The molecule has 2 atom stereocenters. The minimum Gasteiger partial charge on any atom is -0.369 e. The van der Waals surface area contributed by atoms with Gasteiger partial charge in [0.15, 0.2) is 0 Å². The molecule has 0 aliphatic carbocycles. The van der Waals surface area contributed by atoms with Crippen molar-refractivity contribution in [3.63, 3.8) is 0 Å². The molecule has 48 heavy (non-hydrogen) atoms. The highest BCUT2D eigenvalue weighted by molar-refractivity contribution is 5.87. The van der Waals surface area contributed by atoms with Crippen molar-refractivity contribution in [1.82, 2.24) is 19.9 Å². The van der Waals surface area contributed by atoms with E-state index in [9.17, 15) is 17.6 Å². The molecule has 6 nitrogen and oxygen atoms in total. The lowest BCUT2D eigenvalue weighted by atomic mass is 10.1. The van der Waals surface area contributed by atoms with Crippen molar-refractivity contribution >= 4 is 45.9 Å².